The lowest BCUT2D eigenvalue weighted by molar-refractivity contribution is -0.124. The van der Waals surface area contributed by atoms with Gasteiger partial charge in [-0.15, -0.1) is 0 Å². The number of anilines is 2. The highest BCUT2D eigenvalue weighted by Crippen LogP contribution is 2.36. The van der Waals surface area contributed by atoms with Crippen molar-refractivity contribution in [1.29, 1.82) is 0 Å². The van der Waals surface area contributed by atoms with Crippen molar-refractivity contribution in [2.45, 2.75) is 25.8 Å². The molecule has 8 heteroatoms. The number of para-hydroxylation sites is 2. The van der Waals surface area contributed by atoms with Crippen LogP contribution >= 0.6 is 0 Å². The van der Waals surface area contributed by atoms with E-state index in [0.717, 1.165) is 16.8 Å². The Morgan fingerprint density at radius 1 is 1.16 bits per heavy atom. The van der Waals surface area contributed by atoms with Crippen molar-refractivity contribution >= 4 is 34.5 Å². The minimum Gasteiger partial charge on any atom is -0.494 e. The summed E-state index contributed by atoms with van der Waals surface area (Å²) in [7, 11) is 1.63. The van der Waals surface area contributed by atoms with E-state index in [1.165, 1.54) is 0 Å². The number of methoxy groups -OCH3 is 1. The van der Waals surface area contributed by atoms with E-state index in [0.29, 0.717) is 37.8 Å². The molecular weight excluding hydrogens is 396 g/mol. The van der Waals surface area contributed by atoms with Crippen LogP contribution in [-0.2, 0) is 14.3 Å². The van der Waals surface area contributed by atoms with Gasteiger partial charge in [0.25, 0.3) is 5.91 Å². The van der Waals surface area contributed by atoms with Gasteiger partial charge in [0.15, 0.2) is 0 Å². The fraction of sp³-hybridized carbons (Fsp3) is 0.348. The highest BCUT2D eigenvalue weighted by atomic mass is 16.5. The largest absolute Gasteiger partial charge is 0.494 e. The zero-order chi connectivity index (χ0) is 21.8. The molecule has 4 rings (SSSR count). The van der Waals surface area contributed by atoms with Crippen LogP contribution in [0.25, 0.3) is 11.0 Å². The first-order valence-corrected chi connectivity index (χ1v) is 10.4. The highest BCUT2D eigenvalue weighted by molar-refractivity contribution is 6.05. The van der Waals surface area contributed by atoms with Gasteiger partial charge in [-0.2, -0.15) is 0 Å². The summed E-state index contributed by atoms with van der Waals surface area (Å²) < 4.78 is 12.4. The Labute approximate surface area is 180 Å². The van der Waals surface area contributed by atoms with Crippen molar-refractivity contribution in [3.8, 4) is 5.75 Å². The summed E-state index contributed by atoms with van der Waals surface area (Å²) in [5, 5.41) is 2.88. The van der Waals surface area contributed by atoms with E-state index in [1.807, 2.05) is 35.8 Å². The molecule has 1 aromatic heterocycles. The topological polar surface area (TPSA) is 85.7 Å². The number of hydrogen-bond donors (Lipinski definition) is 1. The molecule has 0 radical (unpaired) electrons. The first kappa shape index (κ1) is 20.9. The number of fused-ring (bicyclic) bond motifs is 3. The Hall–Kier alpha value is -3.39. The maximum Gasteiger partial charge on any atom is 0.253 e. The molecule has 3 aromatic rings. The maximum absolute atomic E-state index is 13.2. The van der Waals surface area contributed by atoms with E-state index in [-0.39, 0.29) is 18.2 Å². The molecule has 8 nitrogen and oxygen atoms in total. The lowest BCUT2D eigenvalue weighted by Crippen LogP contribution is -2.32. The third-order valence-electron chi connectivity index (χ3n) is 5.24. The predicted molar refractivity (Wildman–Crippen MR) is 118 cm³/mol. The Morgan fingerprint density at radius 2 is 1.94 bits per heavy atom. The number of nitrogens with zero attached hydrogens (tertiary/aromatic N) is 3. The molecule has 0 spiro atoms. The molecule has 1 unspecified atom stereocenters. The zero-order valence-electron chi connectivity index (χ0n) is 17.7. The van der Waals surface area contributed by atoms with Crippen molar-refractivity contribution in [2.24, 2.45) is 0 Å². The van der Waals surface area contributed by atoms with Crippen molar-refractivity contribution in [2.75, 3.05) is 37.1 Å². The van der Waals surface area contributed by atoms with E-state index in [9.17, 15) is 9.59 Å². The lowest BCUT2D eigenvalue weighted by atomic mass is 10.1. The van der Waals surface area contributed by atoms with Gasteiger partial charge in [-0.1, -0.05) is 12.1 Å². The standard InChI is InChI=1S/C23H26N4O4/c1-3-31-17-11-9-16(10-12-17)24-21(28)15-20-22(29)26(13-6-14-30-2)23-25-18-7-4-5-8-19(18)27(20)23/h4-5,7-12,20H,3,6,13-15H2,1-2H3,(H,24,28). The van der Waals surface area contributed by atoms with Crippen molar-refractivity contribution in [3.63, 3.8) is 0 Å². The lowest BCUT2D eigenvalue weighted by Gasteiger charge is -2.15. The van der Waals surface area contributed by atoms with Gasteiger partial charge < -0.3 is 14.8 Å². The highest BCUT2D eigenvalue weighted by Gasteiger charge is 2.40. The third-order valence-corrected chi connectivity index (χ3v) is 5.24. The smallest absolute Gasteiger partial charge is 0.253 e. The van der Waals surface area contributed by atoms with Crippen LogP contribution in [0.3, 0.4) is 0 Å². The second-order valence-electron chi connectivity index (χ2n) is 7.33. The SMILES string of the molecule is CCOc1ccc(NC(=O)CC2C(=O)N(CCCOC)c3nc4ccccc4n32)cc1. The van der Waals surface area contributed by atoms with Gasteiger partial charge in [0.2, 0.25) is 11.9 Å². The number of nitrogens with one attached hydrogen (secondary N) is 1. The Morgan fingerprint density at radius 3 is 2.68 bits per heavy atom. The van der Waals surface area contributed by atoms with Crippen molar-refractivity contribution in [1.82, 2.24) is 9.55 Å². The molecule has 0 bridgehead atoms. The Kier molecular flexibility index (Phi) is 6.18. The van der Waals surface area contributed by atoms with Crippen LogP contribution in [-0.4, -0.2) is 48.2 Å². The molecular formula is C23H26N4O4. The van der Waals surface area contributed by atoms with E-state index in [1.54, 1.807) is 36.3 Å². The van der Waals surface area contributed by atoms with Crippen LogP contribution in [0.5, 0.6) is 5.75 Å². The molecule has 162 valence electrons. The van der Waals surface area contributed by atoms with Gasteiger partial charge >= 0.3 is 0 Å². The maximum atomic E-state index is 13.2. The monoisotopic (exact) mass is 422 g/mol. The molecule has 1 N–H and O–H groups in total. The van der Waals surface area contributed by atoms with Gasteiger partial charge in [0.05, 0.1) is 24.1 Å². The molecule has 1 aliphatic heterocycles. The van der Waals surface area contributed by atoms with Crippen LogP contribution < -0.4 is 15.0 Å². The summed E-state index contributed by atoms with van der Waals surface area (Å²) in [4.78, 5) is 32.3. The van der Waals surface area contributed by atoms with Crippen LogP contribution in [0, 0.1) is 0 Å². The molecule has 0 fully saturated rings. The van der Waals surface area contributed by atoms with Crippen molar-refractivity contribution in [3.05, 3.63) is 48.5 Å². The fourth-order valence-corrected chi connectivity index (χ4v) is 3.86. The summed E-state index contributed by atoms with van der Waals surface area (Å²) in [6, 6.07) is 14.2. The van der Waals surface area contributed by atoms with Gasteiger partial charge in [0, 0.05) is 25.9 Å². The van der Waals surface area contributed by atoms with E-state index in [2.05, 4.69) is 10.3 Å². The molecule has 2 heterocycles. The van der Waals surface area contributed by atoms with Gasteiger partial charge in [-0.25, -0.2) is 4.98 Å². The Bertz CT molecular complexity index is 1080. The molecule has 1 atom stereocenters. The summed E-state index contributed by atoms with van der Waals surface area (Å²) in [5.74, 6) is 0.977. The second kappa shape index (κ2) is 9.18. The average molecular weight is 422 g/mol. The molecule has 0 saturated heterocycles. The minimum atomic E-state index is -0.632. The number of imidazole rings is 1. The molecule has 2 amide bonds. The molecule has 2 aromatic carbocycles. The molecule has 1 aliphatic rings. The normalized spacial score (nSPS) is 15.4. The minimum absolute atomic E-state index is 0.0280. The number of carbonyl (C=O) groups is 2. The summed E-state index contributed by atoms with van der Waals surface area (Å²) in [5.41, 5.74) is 2.31. The van der Waals surface area contributed by atoms with Crippen LogP contribution in [0.2, 0.25) is 0 Å². The van der Waals surface area contributed by atoms with Gasteiger partial charge in [0.1, 0.15) is 11.8 Å². The number of rotatable bonds is 9. The summed E-state index contributed by atoms with van der Waals surface area (Å²) >= 11 is 0. The van der Waals surface area contributed by atoms with E-state index < -0.39 is 6.04 Å². The third kappa shape index (κ3) is 4.25. The Balaban J connectivity index is 1.54. The van der Waals surface area contributed by atoms with Gasteiger partial charge in [-0.3, -0.25) is 19.1 Å². The van der Waals surface area contributed by atoms with E-state index >= 15 is 0 Å². The number of aromatic nitrogens is 2. The fourth-order valence-electron chi connectivity index (χ4n) is 3.86. The second-order valence-corrected chi connectivity index (χ2v) is 7.33. The van der Waals surface area contributed by atoms with Crippen LogP contribution in [0.1, 0.15) is 25.8 Å². The summed E-state index contributed by atoms with van der Waals surface area (Å²) in [6.45, 7) is 3.54. The first-order chi connectivity index (χ1) is 15.1. The predicted octanol–water partition coefficient (Wildman–Crippen LogP) is 3.39. The number of benzene rings is 2. The van der Waals surface area contributed by atoms with E-state index in [4.69, 9.17) is 9.47 Å². The van der Waals surface area contributed by atoms with Crippen molar-refractivity contribution < 1.29 is 19.1 Å². The number of ether oxygens (including phenoxy) is 2. The number of hydrogen-bond acceptors (Lipinski definition) is 5. The number of amides is 2. The quantitative estimate of drug-likeness (QED) is 0.534. The average Bonchev–Trinajstić information content (AvgIpc) is 3.26. The zero-order valence-corrected chi connectivity index (χ0v) is 17.7. The van der Waals surface area contributed by atoms with Gasteiger partial charge in [-0.05, 0) is 49.7 Å². The molecule has 0 aliphatic carbocycles. The first-order valence-electron chi connectivity index (χ1n) is 10.4. The molecule has 0 saturated carbocycles. The molecule has 31 heavy (non-hydrogen) atoms. The van der Waals surface area contributed by atoms with Crippen LogP contribution in [0.15, 0.2) is 48.5 Å². The summed E-state index contributed by atoms with van der Waals surface area (Å²) in [6.07, 6.45) is 0.719. The van der Waals surface area contributed by atoms with Crippen LogP contribution in [0.4, 0.5) is 11.6 Å². The number of carbonyl (C=O) groups excluding carboxylic acids is 2.